The Morgan fingerprint density at radius 3 is 3.00 bits per heavy atom. The molecular formula is C12H16N2O2S. The van der Waals surface area contributed by atoms with Gasteiger partial charge in [-0.05, 0) is 37.0 Å². The number of carboxylic acid groups (broad SMARTS) is 1. The molecule has 3 unspecified atom stereocenters. The first-order valence-electron chi connectivity index (χ1n) is 6.15. The van der Waals surface area contributed by atoms with Crippen molar-refractivity contribution in [2.24, 2.45) is 17.8 Å². The van der Waals surface area contributed by atoms with Crippen molar-refractivity contribution in [2.75, 3.05) is 11.9 Å². The van der Waals surface area contributed by atoms with Crippen LogP contribution in [-0.2, 0) is 0 Å². The van der Waals surface area contributed by atoms with E-state index in [0.717, 1.165) is 29.4 Å². The quantitative estimate of drug-likeness (QED) is 0.865. The third-order valence-electron chi connectivity index (χ3n) is 4.12. The van der Waals surface area contributed by atoms with Crippen LogP contribution >= 0.6 is 11.3 Å². The molecule has 4 nitrogen and oxygen atoms in total. The Kier molecular flexibility index (Phi) is 2.78. The molecule has 2 aliphatic carbocycles. The number of thiazole rings is 1. The number of carboxylic acids is 1. The smallest absolute Gasteiger partial charge is 0.347 e. The predicted molar refractivity (Wildman–Crippen MR) is 66.5 cm³/mol. The van der Waals surface area contributed by atoms with Crippen molar-refractivity contribution < 1.29 is 9.90 Å². The van der Waals surface area contributed by atoms with Crippen LogP contribution in [0.2, 0.25) is 0 Å². The Morgan fingerprint density at radius 1 is 1.53 bits per heavy atom. The van der Waals surface area contributed by atoms with Gasteiger partial charge in [0.25, 0.3) is 0 Å². The van der Waals surface area contributed by atoms with Crippen LogP contribution in [0.25, 0.3) is 0 Å². The molecule has 5 heteroatoms. The number of anilines is 1. The van der Waals surface area contributed by atoms with Gasteiger partial charge in [0.05, 0.1) is 6.20 Å². The molecule has 92 valence electrons. The number of carbonyl (C=O) groups is 1. The molecule has 3 rings (SSSR count). The maximum absolute atomic E-state index is 10.7. The van der Waals surface area contributed by atoms with Crippen molar-refractivity contribution in [3.63, 3.8) is 0 Å². The van der Waals surface area contributed by atoms with Crippen LogP contribution in [0, 0.1) is 17.8 Å². The molecule has 1 heterocycles. The van der Waals surface area contributed by atoms with E-state index in [2.05, 4.69) is 10.3 Å². The van der Waals surface area contributed by atoms with E-state index in [1.54, 1.807) is 0 Å². The fraction of sp³-hybridized carbons (Fsp3) is 0.667. The minimum atomic E-state index is -0.893. The zero-order chi connectivity index (χ0) is 11.8. The van der Waals surface area contributed by atoms with Crippen molar-refractivity contribution >= 4 is 22.4 Å². The van der Waals surface area contributed by atoms with Crippen molar-refractivity contribution in [2.45, 2.75) is 25.7 Å². The summed E-state index contributed by atoms with van der Waals surface area (Å²) in [6.45, 7) is 0.952. The summed E-state index contributed by atoms with van der Waals surface area (Å²) in [6, 6.07) is 0. The number of nitrogens with one attached hydrogen (secondary N) is 1. The summed E-state index contributed by atoms with van der Waals surface area (Å²) in [5, 5.41) is 12.8. The summed E-state index contributed by atoms with van der Waals surface area (Å²) in [5.74, 6) is 1.73. The number of hydrogen-bond donors (Lipinski definition) is 2. The molecule has 1 aromatic heterocycles. The maximum atomic E-state index is 10.7. The third kappa shape index (κ3) is 2.16. The van der Waals surface area contributed by atoms with E-state index in [0.29, 0.717) is 4.88 Å². The number of hydrogen-bond acceptors (Lipinski definition) is 4. The number of rotatable bonds is 4. The average molecular weight is 252 g/mol. The molecule has 0 aliphatic heterocycles. The fourth-order valence-electron chi connectivity index (χ4n) is 3.30. The minimum Gasteiger partial charge on any atom is -0.477 e. The SMILES string of the molecule is O=C(O)c1cnc(NCC2CC3CCC2C3)s1. The van der Waals surface area contributed by atoms with Crippen LogP contribution in [0.5, 0.6) is 0 Å². The van der Waals surface area contributed by atoms with Crippen LogP contribution in [-0.4, -0.2) is 22.6 Å². The van der Waals surface area contributed by atoms with Crippen LogP contribution < -0.4 is 5.32 Å². The van der Waals surface area contributed by atoms with E-state index < -0.39 is 5.97 Å². The molecule has 2 bridgehead atoms. The fourth-order valence-corrected chi connectivity index (χ4v) is 3.96. The summed E-state index contributed by atoms with van der Waals surface area (Å²) < 4.78 is 0. The lowest BCUT2D eigenvalue weighted by molar-refractivity contribution is 0.0702. The molecular weight excluding hydrogens is 236 g/mol. The second-order valence-corrected chi connectivity index (χ2v) is 6.18. The molecule has 2 aliphatic rings. The van der Waals surface area contributed by atoms with Gasteiger partial charge < -0.3 is 10.4 Å². The van der Waals surface area contributed by atoms with E-state index in [1.807, 2.05) is 0 Å². The van der Waals surface area contributed by atoms with Gasteiger partial charge in [0.2, 0.25) is 0 Å². The first-order chi connectivity index (χ1) is 8.22. The lowest BCUT2D eigenvalue weighted by Crippen LogP contribution is -2.19. The first kappa shape index (κ1) is 11.0. The molecule has 2 N–H and O–H groups in total. The highest BCUT2D eigenvalue weighted by Gasteiger charge is 2.39. The van der Waals surface area contributed by atoms with Gasteiger partial charge in [-0.25, -0.2) is 9.78 Å². The summed E-state index contributed by atoms with van der Waals surface area (Å²) in [4.78, 5) is 15.1. The van der Waals surface area contributed by atoms with Crippen LogP contribution in [0.15, 0.2) is 6.20 Å². The van der Waals surface area contributed by atoms with Gasteiger partial charge in [0.15, 0.2) is 5.13 Å². The maximum Gasteiger partial charge on any atom is 0.347 e. The number of aromatic nitrogens is 1. The number of fused-ring (bicyclic) bond motifs is 2. The lowest BCUT2D eigenvalue weighted by atomic mass is 9.89. The van der Waals surface area contributed by atoms with E-state index in [4.69, 9.17) is 5.11 Å². The highest BCUT2D eigenvalue weighted by Crippen LogP contribution is 2.48. The van der Waals surface area contributed by atoms with Gasteiger partial charge in [-0.2, -0.15) is 0 Å². The monoisotopic (exact) mass is 252 g/mol. The molecule has 0 spiro atoms. The molecule has 0 radical (unpaired) electrons. The molecule has 2 fully saturated rings. The largest absolute Gasteiger partial charge is 0.477 e. The van der Waals surface area contributed by atoms with Crippen molar-refractivity contribution in [1.29, 1.82) is 0 Å². The van der Waals surface area contributed by atoms with Crippen molar-refractivity contribution in [1.82, 2.24) is 4.98 Å². The van der Waals surface area contributed by atoms with Gasteiger partial charge in [0, 0.05) is 6.54 Å². The summed E-state index contributed by atoms with van der Waals surface area (Å²) in [7, 11) is 0. The molecule has 1 aromatic rings. The lowest BCUT2D eigenvalue weighted by Gasteiger charge is -2.21. The molecule has 0 saturated heterocycles. The second kappa shape index (κ2) is 4.29. The van der Waals surface area contributed by atoms with Crippen molar-refractivity contribution in [3.05, 3.63) is 11.1 Å². The van der Waals surface area contributed by atoms with Crippen LogP contribution in [0.3, 0.4) is 0 Å². The van der Waals surface area contributed by atoms with Crippen molar-refractivity contribution in [3.8, 4) is 0 Å². The highest BCUT2D eigenvalue weighted by molar-refractivity contribution is 7.17. The highest BCUT2D eigenvalue weighted by atomic mass is 32.1. The van der Waals surface area contributed by atoms with E-state index in [1.165, 1.54) is 43.2 Å². The molecule has 0 amide bonds. The molecule has 17 heavy (non-hydrogen) atoms. The number of aromatic carboxylic acids is 1. The van der Waals surface area contributed by atoms with E-state index in [9.17, 15) is 4.79 Å². The summed E-state index contributed by atoms with van der Waals surface area (Å²) in [6.07, 6.45) is 6.98. The summed E-state index contributed by atoms with van der Waals surface area (Å²) >= 11 is 1.22. The zero-order valence-corrected chi connectivity index (χ0v) is 10.4. The molecule has 0 aromatic carbocycles. The normalized spacial score (nSPS) is 30.7. The Hall–Kier alpha value is -1.10. The Morgan fingerprint density at radius 2 is 2.41 bits per heavy atom. The Labute approximate surface area is 104 Å². The Balaban J connectivity index is 1.55. The topological polar surface area (TPSA) is 62.2 Å². The van der Waals surface area contributed by atoms with Crippen LogP contribution in [0.1, 0.15) is 35.4 Å². The van der Waals surface area contributed by atoms with E-state index >= 15 is 0 Å². The standard InChI is InChI=1S/C12H16N2O2S/c15-11(16)10-6-14-12(17-10)13-5-9-4-7-1-2-8(9)3-7/h6-9H,1-5H2,(H,13,14)(H,15,16). The molecule has 2 saturated carbocycles. The Bertz CT molecular complexity index is 432. The average Bonchev–Trinajstić information content (AvgIpc) is 3.02. The van der Waals surface area contributed by atoms with Gasteiger partial charge in [-0.1, -0.05) is 17.8 Å². The summed E-state index contributed by atoms with van der Waals surface area (Å²) in [5.41, 5.74) is 0. The first-order valence-corrected chi connectivity index (χ1v) is 6.97. The predicted octanol–water partition coefficient (Wildman–Crippen LogP) is 2.69. The minimum absolute atomic E-state index is 0.306. The third-order valence-corrected chi connectivity index (χ3v) is 5.06. The zero-order valence-electron chi connectivity index (χ0n) is 9.56. The van der Waals surface area contributed by atoms with E-state index in [-0.39, 0.29) is 0 Å². The molecule has 3 atom stereocenters. The number of nitrogens with zero attached hydrogens (tertiary/aromatic N) is 1. The van der Waals surface area contributed by atoms with Gasteiger partial charge in [0.1, 0.15) is 4.88 Å². The van der Waals surface area contributed by atoms with Gasteiger partial charge >= 0.3 is 5.97 Å². The van der Waals surface area contributed by atoms with Gasteiger partial charge in [-0.15, -0.1) is 0 Å². The van der Waals surface area contributed by atoms with Crippen LogP contribution in [0.4, 0.5) is 5.13 Å². The van der Waals surface area contributed by atoms with Gasteiger partial charge in [-0.3, -0.25) is 0 Å². The second-order valence-electron chi connectivity index (χ2n) is 5.15.